The fraction of sp³-hybridized carbons (Fsp3) is 0.533. The number of nitrogens with one attached hydrogen (secondary N) is 2. The first kappa shape index (κ1) is 15.5. The summed E-state index contributed by atoms with van der Waals surface area (Å²) in [6, 6.07) is 8.70. The molecular weight excluding hydrogens is 238 g/mol. The van der Waals surface area contributed by atoms with Crippen LogP contribution in [0.2, 0.25) is 0 Å². The Morgan fingerprint density at radius 1 is 1.32 bits per heavy atom. The lowest BCUT2D eigenvalue weighted by molar-refractivity contribution is 0.179. The smallest absolute Gasteiger partial charge is 0.191 e. The molecule has 1 unspecified atom stereocenters. The predicted molar refractivity (Wildman–Crippen MR) is 80.5 cm³/mol. The molecule has 1 atom stereocenters. The molecule has 19 heavy (non-hydrogen) atoms. The van der Waals surface area contributed by atoms with E-state index in [1.165, 1.54) is 11.1 Å². The number of methoxy groups -OCH3 is 1. The van der Waals surface area contributed by atoms with Crippen molar-refractivity contribution < 1.29 is 4.74 Å². The summed E-state index contributed by atoms with van der Waals surface area (Å²) in [7, 11) is 3.48. The van der Waals surface area contributed by atoms with Crippen LogP contribution in [0.3, 0.4) is 0 Å². The van der Waals surface area contributed by atoms with Crippen molar-refractivity contribution in [3.05, 3.63) is 35.4 Å². The van der Waals surface area contributed by atoms with Gasteiger partial charge in [0.1, 0.15) is 0 Å². The van der Waals surface area contributed by atoms with Crippen molar-refractivity contribution in [2.45, 2.75) is 32.9 Å². The summed E-state index contributed by atoms with van der Waals surface area (Å²) in [6.07, 6.45) is 1.05. The Labute approximate surface area is 116 Å². The molecule has 4 heteroatoms. The van der Waals surface area contributed by atoms with Gasteiger partial charge < -0.3 is 15.4 Å². The summed E-state index contributed by atoms with van der Waals surface area (Å²) < 4.78 is 5.10. The SMILES string of the molecule is CCc1ccccc1CNC(=NC)NC(C)COC. The molecule has 0 aliphatic rings. The van der Waals surface area contributed by atoms with Crippen LogP contribution in [0, 0.1) is 0 Å². The first-order valence-corrected chi connectivity index (χ1v) is 6.74. The fourth-order valence-corrected chi connectivity index (χ4v) is 1.97. The van der Waals surface area contributed by atoms with E-state index in [1.807, 2.05) is 0 Å². The van der Waals surface area contributed by atoms with Crippen molar-refractivity contribution >= 4 is 5.96 Å². The largest absolute Gasteiger partial charge is 0.383 e. The standard InChI is InChI=1S/C15H25N3O/c1-5-13-8-6-7-9-14(13)10-17-15(16-3)18-12(2)11-19-4/h6-9,12H,5,10-11H2,1-4H3,(H2,16,17,18). The lowest BCUT2D eigenvalue weighted by Gasteiger charge is -2.18. The maximum absolute atomic E-state index is 5.10. The number of hydrogen-bond donors (Lipinski definition) is 2. The molecule has 0 aliphatic heterocycles. The molecule has 0 fully saturated rings. The Balaban J connectivity index is 2.54. The van der Waals surface area contributed by atoms with Gasteiger partial charge in [0.25, 0.3) is 0 Å². The molecule has 4 nitrogen and oxygen atoms in total. The molecule has 0 bridgehead atoms. The number of hydrogen-bond acceptors (Lipinski definition) is 2. The van der Waals surface area contributed by atoms with Crippen LogP contribution in [-0.2, 0) is 17.7 Å². The third-order valence-corrected chi connectivity index (χ3v) is 2.97. The van der Waals surface area contributed by atoms with Crippen molar-refractivity contribution in [1.29, 1.82) is 0 Å². The van der Waals surface area contributed by atoms with Gasteiger partial charge in [-0.2, -0.15) is 0 Å². The zero-order valence-corrected chi connectivity index (χ0v) is 12.4. The van der Waals surface area contributed by atoms with Gasteiger partial charge in [0.15, 0.2) is 5.96 Å². The lowest BCUT2D eigenvalue weighted by atomic mass is 10.1. The minimum Gasteiger partial charge on any atom is -0.383 e. The van der Waals surface area contributed by atoms with Crippen LogP contribution < -0.4 is 10.6 Å². The first-order valence-electron chi connectivity index (χ1n) is 6.74. The Morgan fingerprint density at radius 2 is 2.00 bits per heavy atom. The van der Waals surface area contributed by atoms with E-state index in [4.69, 9.17) is 4.74 Å². The average molecular weight is 263 g/mol. The van der Waals surface area contributed by atoms with Gasteiger partial charge >= 0.3 is 0 Å². The van der Waals surface area contributed by atoms with Gasteiger partial charge in [-0.1, -0.05) is 31.2 Å². The number of rotatable bonds is 6. The second-order valence-electron chi connectivity index (χ2n) is 4.55. The molecule has 2 N–H and O–H groups in total. The topological polar surface area (TPSA) is 45.7 Å². The molecule has 0 radical (unpaired) electrons. The molecular formula is C15H25N3O. The highest BCUT2D eigenvalue weighted by Crippen LogP contribution is 2.08. The van der Waals surface area contributed by atoms with Gasteiger partial charge in [-0.05, 0) is 24.5 Å². The Bertz CT molecular complexity index is 404. The molecule has 0 aromatic heterocycles. The summed E-state index contributed by atoms with van der Waals surface area (Å²) >= 11 is 0. The quantitative estimate of drug-likeness (QED) is 0.609. The van der Waals surface area contributed by atoms with Crippen LogP contribution in [0.15, 0.2) is 29.3 Å². The molecule has 1 aromatic carbocycles. The molecule has 0 heterocycles. The van der Waals surface area contributed by atoms with Crippen molar-refractivity contribution in [2.75, 3.05) is 20.8 Å². The van der Waals surface area contributed by atoms with Gasteiger partial charge in [-0.3, -0.25) is 4.99 Å². The normalized spacial score (nSPS) is 13.2. The minimum absolute atomic E-state index is 0.234. The van der Waals surface area contributed by atoms with Crippen LogP contribution in [-0.4, -0.2) is 32.8 Å². The Morgan fingerprint density at radius 3 is 2.58 bits per heavy atom. The van der Waals surface area contributed by atoms with Crippen LogP contribution >= 0.6 is 0 Å². The van der Waals surface area contributed by atoms with E-state index in [1.54, 1.807) is 14.2 Å². The van der Waals surface area contributed by atoms with Gasteiger partial charge in [-0.15, -0.1) is 0 Å². The fourth-order valence-electron chi connectivity index (χ4n) is 1.97. The van der Waals surface area contributed by atoms with Gasteiger partial charge in [0.2, 0.25) is 0 Å². The highest BCUT2D eigenvalue weighted by molar-refractivity contribution is 5.79. The number of aryl methyl sites for hydroxylation is 1. The number of aliphatic imine (C=N–C) groups is 1. The second-order valence-corrected chi connectivity index (χ2v) is 4.55. The van der Waals surface area contributed by atoms with Crippen molar-refractivity contribution in [3.63, 3.8) is 0 Å². The van der Waals surface area contributed by atoms with Crippen molar-refractivity contribution in [2.24, 2.45) is 4.99 Å². The Kier molecular flexibility index (Phi) is 6.97. The van der Waals surface area contributed by atoms with Crippen LogP contribution in [0.5, 0.6) is 0 Å². The average Bonchev–Trinajstić information content (AvgIpc) is 2.44. The third kappa shape index (κ3) is 5.30. The molecule has 0 aliphatic carbocycles. The second kappa shape index (κ2) is 8.53. The highest BCUT2D eigenvalue weighted by Gasteiger charge is 2.05. The van der Waals surface area contributed by atoms with Crippen LogP contribution in [0.1, 0.15) is 25.0 Å². The molecule has 106 valence electrons. The number of nitrogens with zero attached hydrogens (tertiary/aromatic N) is 1. The maximum atomic E-state index is 5.10. The van der Waals surface area contributed by atoms with E-state index in [0.29, 0.717) is 6.61 Å². The summed E-state index contributed by atoms with van der Waals surface area (Å²) in [5.74, 6) is 0.801. The van der Waals surface area contributed by atoms with Gasteiger partial charge in [0, 0.05) is 26.7 Å². The highest BCUT2D eigenvalue weighted by atomic mass is 16.5. The zero-order valence-electron chi connectivity index (χ0n) is 12.4. The molecule has 0 saturated carbocycles. The monoisotopic (exact) mass is 263 g/mol. The summed E-state index contributed by atoms with van der Waals surface area (Å²) in [5, 5.41) is 6.62. The van der Waals surface area contributed by atoms with E-state index in [9.17, 15) is 0 Å². The van der Waals surface area contributed by atoms with Crippen molar-refractivity contribution in [1.82, 2.24) is 10.6 Å². The van der Waals surface area contributed by atoms with E-state index in [2.05, 4.69) is 53.7 Å². The first-order chi connectivity index (χ1) is 9.21. The lowest BCUT2D eigenvalue weighted by Crippen LogP contribution is -2.43. The minimum atomic E-state index is 0.234. The molecule has 0 amide bonds. The van der Waals surface area contributed by atoms with Crippen LogP contribution in [0.4, 0.5) is 0 Å². The summed E-state index contributed by atoms with van der Waals surface area (Å²) in [4.78, 5) is 4.22. The summed E-state index contributed by atoms with van der Waals surface area (Å²) in [6.45, 7) is 5.68. The zero-order chi connectivity index (χ0) is 14.1. The van der Waals surface area contributed by atoms with E-state index in [0.717, 1.165) is 18.9 Å². The molecule has 0 spiro atoms. The third-order valence-electron chi connectivity index (χ3n) is 2.97. The van der Waals surface area contributed by atoms with E-state index < -0.39 is 0 Å². The molecule has 1 rings (SSSR count). The van der Waals surface area contributed by atoms with E-state index >= 15 is 0 Å². The number of ether oxygens (including phenoxy) is 1. The van der Waals surface area contributed by atoms with Gasteiger partial charge in [-0.25, -0.2) is 0 Å². The van der Waals surface area contributed by atoms with Crippen molar-refractivity contribution in [3.8, 4) is 0 Å². The Hall–Kier alpha value is -1.55. The number of guanidine groups is 1. The summed E-state index contributed by atoms with van der Waals surface area (Å²) in [5.41, 5.74) is 2.68. The number of benzene rings is 1. The van der Waals surface area contributed by atoms with Gasteiger partial charge in [0.05, 0.1) is 6.61 Å². The molecule has 1 aromatic rings. The predicted octanol–water partition coefficient (Wildman–Crippen LogP) is 1.95. The van der Waals surface area contributed by atoms with E-state index in [-0.39, 0.29) is 6.04 Å². The molecule has 0 saturated heterocycles. The maximum Gasteiger partial charge on any atom is 0.191 e. The van der Waals surface area contributed by atoms with Crippen LogP contribution in [0.25, 0.3) is 0 Å².